The number of hydrogen-bond donors (Lipinski definition) is 2. The van der Waals surface area contributed by atoms with Crippen LogP contribution in [0.2, 0.25) is 0 Å². The van der Waals surface area contributed by atoms with E-state index >= 15 is 0 Å². The summed E-state index contributed by atoms with van der Waals surface area (Å²) < 4.78 is 5.12. The highest BCUT2D eigenvalue weighted by atomic mass is 16.5. The van der Waals surface area contributed by atoms with E-state index in [-0.39, 0.29) is 12.5 Å². The molecule has 1 aliphatic heterocycles. The van der Waals surface area contributed by atoms with Gasteiger partial charge in [-0.15, -0.1) is 0 Å². The summed E-state index contributed by atoms with van der Waals surface area (Å²) >= 11 is 0. The molecule has 0 aromatic heterocycles. The second kappa shape index (κ2) is 10.9. The van der Waals surface area contributed by atoms with Gasteiger partial charge in [0.1, 0.15) is 6.61 Å². The maximum Gasteiger partial charge on any atom is 0.252 e. The molecule has 3 rings (SSSR count). The molecule has 1 aliphatic rings. The van der Waals surface area contributed by atoms with Crippen molar-refractivity contribution in [2.45, 2.75) is 38.6 Å². The van der Waals surface area contributed by atoms with Crippen molar-refractivity contribution < 1.29 is 14.3 Å². The summed E-state index contributed by atoms with van der Waals surface area (Å²) in [6, 6.07) is 13.4. The Bertz CT molecular complexity index is 882. The van der Waals surface area contributed by atoms with Gasteiger partial charge in [-0.3, -0.25) is 9.59 Å². The zero-order valence-electron chi connectivity index (χ0n) is 17.7. The van der Waals surface area contributed by atoms with E-state index in [1.54, 1.807) is 19.2 Å². The van der Waals surface area contributed by atoms with Gasteiger partial charge in [0.15, 0.2) is 0 Å². The Morgan fingerprint density at radius 2 is 1.80 bits per heavy atom. The Morgan fingerprint density at radius 1 is 1.03 bits per heavy atom. The largest absolute Gasteiger partial charge is 0.375 e. The minimum absolute atomic E-state index is 0.0284. The summed E-state index contributed by atoms with van der Waals surface area (Å²) in [5.41, 5.74) is 9.82. The third-order valence-electron chi connectivity index (χ3n) is 5.47. The van der Waals surface area contributed by atoms with E-state index in [1.807, 2.05) is 29.2 Å². The summed E-state index contributed by atoms with van der Waals surface area (Å²) in [5, 5.41) is 3.52. The first-order chi connectivity index (χ1) is 14.6. The van der Waals surface area contributed by atoms with Crippen LogP contribution in [-0.2, 0) is 16.1 Å². The zero-order chi connectivity index (χ0) is 21.3. The lowest BCUT2D eigenvalue weighted by atomic mass is 9.99. The van der Waals surface area contributed by atoms with Gasteiger partial charge in [-0.2, -0.15) is 0 Å². The highest BCUT2D eigenvalue weighted by Gasteiger charge is 2.19. The van der Waals surface area contributed by atoms with Crippen molar-refractivity contribution in [3.8, 4) is 11.1 Å². The van der Waals surface area contributed by atoms with Crippen molar-refractivity contribution in [3.63, 3.8) is 0 Å². The number of benzene rings is 2. The number of fused-ring (bicyclic) bond motifs is 1. The first-order valence-corrected chi connectivity index (χ1v) is 10.6. The molecule has 0 aliphatic carbocycles. The number of amides is 2. The van der Waals surface area contributed by atoms with Crippen LogP contribution in [0.5, 0.6) is 0 Å². The van der Waals surface area contributed by atoms with Crippen LogP contribution in [-0.4, -0.2) is 38.6 Å². The molecule has 0 unspecified atom stereocenters. The molecule has 0 saturated carbocycles. The molecule has 1 heterocycles. The Morgan fingerprint density at radius 3 is 2.60 bits per heavy atom. The summed E-state index contributed by atoms with van der Waals surface area (Å²) in [4.78, 5) is 26.2. The van der Waals surface area contributed by atoms with Gasteiger partial charge in [0.25, 0.3) is 5.91 Å². The maximum absolute atomic E-state index is 12.8. The number of hydrogen-bond acceptors (Lipinski definition) is 4. The number of nitrogens with one attached hydrogen (secondary N) is 1. The zero-order valence-corrected chi connectivity index (χ0v) is 17.7. The van der Waals surface area contributed by atoms with Crippen molar-refractivity contribution >= 4 is 17.5 Å². The topological polar surface area (TPSA) is 84.7 Å². The van der Waals surface area contributed by atoms with E-state index in [9.17, 15) is 9.59 Å². The smallest absolute Gasteiger partial charge is 0.252 e. The second-order valence-corrected chi connectivity index (χ2v) is 7.71. The molecule has 30 heavy (non-hydrogen) atoms. The number of nitrogens with two attached hydrogens (primary N) is 1. The van der Waals surface area contributed by atoms with E-state index < -0.39 is 5.91 Å². The van der Waals surface area contributed by atoms with E-state index in [2.05, 4.69) is 11.4 Å². The van der Waals surface area contributed by atoms with E-state index in [0.29, 0.717) is 18.7 Å². The summed E-state index contributed by atoms with van der Waals surface area (Å²) in [5.74, 6) is -0.472. The lowest BCUT2D eigenvalue weighted by molar-refractivity contribution is -0.122. The van der Waals surface area contributed by atoms with Crippen molar-refractivity contribution in [3.05, 3.63) is 53.6 Å². The molecule has 2 aromatic rings. The molecule has 6 nitrogen and oxygen atoms in total. The number of carbonyl (C=O) groups excluding carboxylic acids is 2. The quantitative estimate of drug-likeness (QED) is 0.810. The minimum Gasteiger partial charge on any atom is -0.375 e. The third-order valence-corrected chi connectivity index (χ3v) is 5.47. The van der Waals surface area contributed by atoms with Gasteiger partial charge in [0, 0.05) is 31.5 Å². The average Bonchev–Trinajstić information content (AvgIpc) is 2.74. The minimum atomic E-state index is -0.443. The molecular weight excluding hydrogens is 378 g/mol. The van der Waals surface area contributed by atoms with Crippen LogP contribution in [0.3, 0.4) is 0 Å². The molecule has 2 amide bonds. The van der Waals surface area contributed by atoms with Gasteiger partial charge < -0.3 is 20.7 Å². The van der Waals surface area contributed by atoms with Gasteiger partial charge >= 0.3 is 0 Å². The molecule has 160 valence electrons. The highest BCUT2D eigenvalue weighted by Crippen LogP contribution is 2.29. The number of nitrogens with zero attached hydrogens (tertiary/aromatic N) is 1. The molecule has 0 saturated heterocycles. The molecule has 6 heteroatoms. The maximum atomic E-state index is 12.8. The molecule has 2 aromatic carbocycles. The van der Waals surface area contributed by atoms with Crippen LogP contribution in [0.1, 0.15) is 48.0 Å². The van der Waals surface area contributed by atoms with Crippen LogP contribution < -0.4 is 16.0 Å². The van der Waals surface area contributed by atoms with Gasteiger partial charge in [0.05, 0.1) is 0 Å². The lowest BCUT2D eigenvalue weighted by Gasteiger charge is -2.26. The second-order valence-electron chi connectivity index (χ2n) is 7.71. The first-order valence-electron chi connectivity index (χ1n) is 10.6. The number of carbonyl (C=O) groups is 2. The summed E-state index contributed by atoms with van der Waals surface area (Å²) in [7, 11) is 1.55. The van der Waals surface area contributed by atoms with Crippen LogP contribution >= 0.6 is 0 Å². The van der Waals surface area contributed by atoms with Crippen molar-refractivity contribution in [2.75, 3.05) is 31.7 Å². The number of primary amides is 1. The standard InChI is InChI=1S/C24H31N3O3/c1-30-17-23(28)27-13-6-4-2-3-5-12-26-16-21-15-19(10-11-22(21)27)18-8-7-9-20(14-18)24(25)29/h7-11,14-15,26H,2-6,12-13,16-17H2,1H3,(H2,25,29). The summed E-state index contributed by atoms with van der Waals surface area (Å²) in [6.07, 6.45) is 5.64. The van der Waals surface area contributed by atoms with Crippen LogP contribution in [0.25, 0.3) is 11.1 Å². The van der Waals surface area contributed by atoms with Gasteiger partial charge in [0.2, 0.25) is 5.91 Å². The molecule has 0 atom stereocenters. The molecule has 3 N–H and O–H groups in total. The average molecular weight is 410 g/mol. The van der Waals surface area contributed by atoms with Crippen molar-refractivity contribution in [1.82, 2.24) is 5.32 Å². The predicted octanol–water partition coefficient (Wildman–Crippen LogP) is 3.49. The van der Waals surface area contributed by atoms with Gasteiger partial charge in [-0.25, -0.2) is 0 Å². The number of rotatable bonds is 4. The van der Waals surface area contributed by atoms with Crippen molar-refractivity contribution in [1.29, 1.82) is 0 Å². The van der Waals surface area contributed by atoms with Crippen molar-refractivity contribution in [2.24, 2.45) is 5.73 Å². The van der Waals surface area contributed by atoms with E-state index in [1.165, 1.54) is 12.8 Å². The molecule has 0 fully saturated rings. The van der Waals surface area contributed by atoms with Crippen LogP contribution in [0.4, 0.5) is 5.69 Å². The number of ether oxygens (including phenoxy) is 1. The Labute approximate surface area is 178 Å². The molecular formula is C24H31N3O3. The molecule has 0 radical (unpaired) electrons. The van der Waals surface area contributed by atoms with E-state index in [0.717, 1.165) is 48.2 Å². The Kier molecular flexibility index (Phi) is 7.99. The Hall–Kier alpha value is -2.70. The fourth-order valence-corrected chi connectivity index (χ4v) is 3.88. The summed E-state index contributed by atoms with van der Waals surface area (Å²) in [6.45, 7) is 2.38. The van der Waals surface area contributed by atoms with Crippen LogP contribution in [0.15, 0.2) is 42.5 Å². The number of methoxy groups -OCH3 is 1. The molecule has 0 spiro atoms. The monoisotopic (exact) mass is 409 g/mol. The third kappa shape index (κ3) is 5.68. The number of anilines is 1. The predicted molar refractivity (Wildman–Crippen MR) is 119 cm³/mol. The van der Waals surface area contributed by atoms with Gasteiger partial charge in [-0.1, -0.05) is 37.5 Å². The SMILES string of the molecule is COCC(=O)N1CCCCCCCNCc2cc(-c3cccc(C(N)=O)c3)ccc21. The normalized spacial score (nSPS) is 15.6. The van der Waals surface area contributed by atoms with Crippen LogP contribution in [0, 0.1) is 0 Å². The first kappa shape index (κ1) is 22.0. The van der Waals surface area contributed by atoms with E-state index in [4.69, 9.17) is 10.5 Å². The molecule has 0 bridgehead atoms. The lowest BCUT2D eigenvalue weighted by Crippen LogP contribution is -2.36. The fourth-order valence-electron chi connectivity index (χ4n) is 3.88. The highest BCUT2D eigenvalue weighted by molar-refractivity contribution is 5.96. The fraction of sp³-hybridized carbons (Fsp3) is 0.417. The Balaban J connectivity index is 1.99. The van der Waals surface area contributed by atoms with Gasteiger partial charge in [-0.05, 0) is 60.3 Å².